The number of nitrogens with two attached hydrogens (primary N) is 2. The maximum Gasteiger partial charge on any atom is 0.228 e. The number of carbonyl (C=O) groups is 1. The molecule has 9 nitrogen and oxygen atoms in total. The van der Waals surface area contributed by atoms with Crippen molar-refractivity contribution in [2.24, 2.45) is 33.7 Å². The number of halogens is 1. The maximum absolute atomic E-state index is 14.6. The number of aliphatic imine (C=N–C) groups is 1. The van der Waals surface area contributed by atoms with E-state index in [4.69, 9.17) is 28.1 Å². The molecule has 2 fully saturated rings. The number of nitrogens with zero attached hydrogens (tertiary/aromatic N) is 3. The molecule has 0 aromatic heterocycles. The third-order valence-corrected chi connectivity index (χ3v) is 11.3. The molecular formula is C32H62ClN7O2. The topological polar surface area (TPSA) is 132 Å². The van der Waals surface area contributed by atoms with Gasteiger partial charge in [0.25, 0.3) is 0 Å². The van der Waals surface area contributed by atoms with Gasteiger partial charge in [-0.25, -0.2) is 0 Å². The van der Waals surface area contributed by atoms with E-state index in [-0.39, 0.29) is 40.7 Å². The molecule has 0 saturated carbocycles. The highest BCUT2D eigenvalue weighted by Gasteiger charge is 2.51. The van der Waals surface area contributed by atoms with E-state index < -0.39 is 23.7 Å². The van der Waals surface area contributed by atoms with Gasteiger partial charge in [0.15, 0.2) is 0 Å². The first-order chi connectivity index (χ1) is 19.9. The summed E-state index contributed by atoms with van der Waals surface area (Å²) >= 11 is 6.66. The van der Waals surface area contributed by atoms with Gasteiger partial charge in [0.2, 0.25) is 5.91 Å². The van der Waals surface area contributed by atoms with Crippen molar-refractivity contribution in [2.45, 2.75) is 133 Å². The zero-order valence-corrected chi connectivity index (χ0v) is 28.1. The second-order valence-corrected chi connectivity index (χ2v) is 14.5. The lowest BCUT2D eigenvalue weighted by Gasteiger charge is -2.55. The van der Waals surface area contributed by atoms with Crippen LogP contribution in [0.4, 0.5) is 0 Å². The molecule has 0 aliphatic carbocycles. The molecule has 1 amide bonds. The molecule has 42 heavy (non-hydrogen) atoms. The Morgan fingerprint density at radius 1 is 1.24 bits per heavy atom. The van der Waals surface area contributed by atoms with Crippen LogP contribution in [0.25, 0.3) is 0 Å². The zero-order chi connectivity index (χ0) is 31.1. The summed E-state index contributed by atoms with van der Waals surface area (Å²) in [5.41, 5.74) is 12.5. The maximum atomic E-state index is 14.6. The molecule has 0 aromatic carbocycles. The van der Waals surface area contributed by atoms with Gasteiger partial charge >= 0.3 is 0 Å². The number of rotatable bonds is 12. The number of aliphatic hydroxyl groups is 1. The lowest BCUT2D eigenvalue weighted by atomic mass is 9.69. The van der Waals surface area contributed by atoms with Crippen LogP contribution in [-0.2, 0) is 4.79 Å². The lowest BCUT2D eigenvalue weighted by Crippen LogP contribution is -2.75. The van der Waals surface area contributed by atoms with Gasteiger partial charge in [-0.2, -0.15) is 0 Å². The van der Waals surface area contributed by atoms with Crippen LogP contribution in [0.3, 0.4) is 0 Å². The zero-order valence-electron chi connectivity index (χ0n) is 27.3. The highest BCUT2D eigenvalue weighted by atomic mass is 35.5. The van der Waals surface area contributed by atoms with Crippen LogP contribution >= 0.6 is 11.6 Å². The van der Waals surface area contributed by atoms with Gasteiger partial charge in [-0.1, -0.05) is 47.0 Å². The van der Waals surface area contributed by atoms with Crippen molar-refractivity contribution in [3.05, 3.63) is 0 Å². The number of β-amino-alcohol motifs (C(OH)–C–C–N with tert-alkyl or cyclic N) is 1. The summed E-state index contributed by atoms with van der Waals surface area (Å²) in [5.74, 6) is -0.560. The molecule has 3 rings (SSSR count). The minimum absolute atomic E-state index is 0.0623. The molecule has 3 heterocycles. The average molecular weight is 612 g/mol. The van der Waals surface area contributed by atoms with Crippen LogP contribution in [0.5, 0.6) is 0 Å². The molecule has 7 unspecified atom stereocenters. The first-order valence-electron chi connectivity index (χ1n) is 16.7. The Kier molecular flexibility index (Phi) is 13.6. The average Bonchev–Trinajstić information content (AvgIpc) is 2.93. The SMILES string of the molecule is CCCC(C)C1(NC(=O)C(C(N)N)C2CC(CC)(CCC)CCC(Cl)C=N2)CNCCC1N1CC[C@H](N(C)C)[C@@H](O)C1. The van der Waals surface area contributed by atoms with Crippen molar-refractivity contribution < 1.29 is 9.90 Å². The molecule has 3 aliphatic rings. The quantitative estimate of drug-likeness (QED) is 0.169. The number of amides is 1. The summed E-state index contributed by atoms with van der Waals surface area (Å²) in [4.78, 5) is 24.1. The molecule has 9 atom stereocenters. The van der Waals surface area contributed by atoms with Gasteiger partial charge in [0, 0.05) is 37.9 Å². The summed E-state index contributed by atoms with van der Waals surface area (Å²) in [6, 6.07) is -0.0895. The Morgan fingerprint density at radius 3 is 2.57 bits per heavy atom. The van der Waals surface area contributed by atoms with E-state index in [1.165, 1.54) is 0 Å². The van der Waals surface area contributed by atoms with Crippen LogP contribution < -0.4 is 22.1 Å². The van der Waals surface area contributed by atoms with Gasteiger partial charge in [-0.15, -0.1) is 11.6 Å². The highest BCUT2D eigenvalue weighted by molar-refractivity contribution is 6.28. The van der Waals surface area contributed by atoms with Crippen LogP contribution in [0.2, 0.25) is 0 Å². The Labute approximate surface area is 260 Å². The monoisotopic (exact) mass is 611 g/mol. The van der Waals surface area contributed by atoms with Gasteiger partial charge in [-0.3, -0.25) is 14.7 Å². The van der Waals surface area contributed by atoms with E-state index in [2.05, 4.69) is 48.1 Å². The summed E-state index contributed by atoms with van der Waals surface area (Å²) in [7, 11) is 4.08. The standard InChI is InChI=1S/C32H62ClN7O2/c1-7-10-22(4)32(21-36-16-12-27(32)40-17-13-25(39(5)6)26(41)20-40)38-30(42)28(29(34)35)24-18-31(9-3,14-8-2)15-11-23(33)19-37-24/h19,22-29,36,41H,7-18,20-21,34-35H2,1-6H3,(H,38,42)/t22?,23?,24?,25-,26-,27?,28?,31?,32?/m0/s1. The van der Waals surface area contributed by atoms with E-state index >= 15 is 0 Å². The van der Waals surface area contributed by atoms with E-state index in [0.29, 0.717) is 13.1 Å². The second-order valence-electron chi connectivity index (χ2n) is 13.9. The first-order valence-corrected chi connectivity index (χ1v) is 17.2. The molecule has 0 aromatic rings. The smallest absolute Gasteiger partial charge is 0.228 e. The van der Waals surface area contributed by atoms with Gasteiger partial charge in [0.05, 0.1) is 35.1 Å². The molecule has 0 spiro atoms. The molecule has 3 aliphatic heterocycles. The summed E-state index contributed by atoms with van der Waals surface area (Å²) in [6.45, 7) is 12.0. The van der Waals surface area contributed by atoms with Crippen LogP contribution in [0.1, 0.15) is 91.9 Å². The van der Waals surface area contributed by atoms with Crippen LogP contribution in [0.15, 0.2) is 4.99 Å². The minimum Gasteiger partial charge on any atom is -0.390 e. The van der Waals surface area contributed by atoms with E-state index in [1.807, 2.05) is 20.3 Å². The lowest BCUT2D eigenvalue weighted by molar-refractivity contribution is -0.132. The largest absolute Gasteiger partial charge is 0.390 e. The second kappa shape index (κ2) is 16.0. The Hall–Kier alpha value is -0.810. The normalized spacial score (nSPS) is 36.4. The van der Waals surface area contributed by atoms with Crippen molar-refractivity contribution in [2.75, 3.05) is 40.3 Å². The van der Waals surface area contributed by atoms with E-state index in [9.17, 15) is 9.90 Å². The number of carbonyl (C=O) groups excluding carboxylic acids is 1. The van der Waals surface area contributed by atoms with Crippen molar-refractivity contribution in [3.8, 4) is 0 Å². The van der Waals surface area contributed by atoms with Gasteiger partial charge in [-0.05, 0) is 76.9 Å². The summed E-state index contributed by atoms with van der Waals surface area (Å²) < 4.78 is 0. The van der Waals surface area contributed by atoms with Crippen molar-refractivity contribution >= 4 is 23.7 Å². The third-order valence-electron chi connectivity index (χ3n) is 10.9. The van der Waals surface area contributed by atoms with Gasteiger partial charge < -0.3 is 32.1 Å². The van der Waals surface area contributed by atoms with Crippen molar-refractivity contribution in [1.82, 2.24) is 20.4 Å². The summed E-state index contributed by atoms with van der Waals surface area (Å²) in [6.07, 6.45) is 10.2. The fourth-order valence-electron chi connectivity index (χ4n) is 8.41. The number of likely N-dealkylation sites (N-methyl/N-ethyl adjacent to an activating group) is 1. The minimum atomic E-state index is -0.845. The number of hydrogen-bond acceptors (Lipinski definition) is 8. The Balaban J connectivity index is 1.97. The Morgan fingerprint density at radius 2 is 1.98 bits per heavy atom. The molecule has 7 N–H and O–H groups in total. The van der Waals surface area contributed by atoms with E-state index in [1.54, 1.807) is 0 Å². The van der Waals surface area contributed by atoms with Crippen LogP contribution in [-0.4, -0.2) is 109 Å². The number of nitrogens with one attached hydrogen (secondary N) is 2. The number of piperidine rings is 2. The fraction of sp³-hybridized carbons (Fsp3) is 0.938. The fourth-order valence-corrected chi connectivity index (χ4v) is 8.58. The number of likely N-dealkylation sites (tertiary alicyclic amines) is 1. The van der Waals surface area contributed by atoms with Crippen molar-refractivity contribution in [1.29, 1.82) is 0 Å². The first kappa shape index (κ1) is 35.7. The molecule has 244 valence electrons. The van der Waals surface area contributed by atoms with Crippen LogP contribution in [0, 0.1) is 17.3 Å². The van der Waals surface area contributed by atoms with Crippen molar-refractivity contribution in [3.63, 3.8) is 0 Å². The van der Waals surface area contributed by atoms with E-state index in [0.717, 1.165) is 77.3 Å². The molecule has 0 radical (unpaired) electrons. The number of aliphatic hydroxyl groups excluding tert-OH is 1. The number of hydrogen-bond donors (Lipinski definition) is 5. The highest BCUT2D eigenvalue weighted by Crippen LogP contribution is 2.43. The molecule has 0 bridgehead atoms. The molecular weight excluding hydrogens is 550 g/mol. The molecule has 2 saturated heterocycles. The molecule has 10 heteroatoms. The predicted molar refractivity (Wildman–Crippen MR) is 175 cm³/mol. The number of alkyl halides is 1. The third kappa shape index (κ3) is 8.26. The predicted octanol–water partition coefficient (Wildman–Crippen LogP) is 2.92. The van der Waals surface area contributed by atoms with Gasteiger partial charge in [0.1, 0.15) is 0 Å². The Bertz CT molecular complexity index is 876. The summed E-state index contributed by atoms with van der Waals surface area (Å²) in [5, 5.41) is 18.2.